The number of aliphatic hydroxyl groups is 1. The van der Waals surface area contributed by atoms with Gasteiger partial charge in [0.1, 0.15) is 6.10 Å². The van der Waals surface area contributed by atoms with Crippen LogP contribution in [0.4, 0.5) is 0 Å². The maximum Gasteiger partial charge on any atom is 0.291 e. The topological polar surface area (TPSA) is 101 Å². The van der Waals surface area contributed by atoms with Crippen LogP contribution in [0, 0.1) is 0 Å². The fraction of sp³-hybridized carbons (Fsp3) is 0.333. The lowest BCUT2D eigenvalue weighted by atomic mass is 10.1. The van der Waals surface area contributed by atoms with Gasteiger partial charge < -0.3 is 10.8 Å². The summed E-state index contributed by atoms with van der Waals surface area (Å²) in [6.45, 7) is 0. The van der Waals surface area contributed by atoms with Gasteiger partial charge in [-0.05, 0) is 12.2 Å². The van der Waals surface area contributed by atoms with Gasteiger partial charge in [0.25, 0.3) is 10.1 Å². The second-order valence-corrected chi connectivity index (χ2v) is 5.08. The van der Waals surface area contributed by atoms with Crippen LogP contribution in [-0.4, -0.2) is 28.4 Å². The normalized spacial score (nSPS) is 34.4. The summed E-state index contributed by atoms with van der Waals surface area (Å²) in [5.41, 5.74) is 5.13. The van der Waals surface area contributed by atoms with Gasteiger partial charge in [-0.15, -0.1) is 0 Å². The molecule has 0 spiro atoms. The minimum absolute atomic E-state index is 0.116. The maximum absolute atomic E-state index is 10.8. The standard InChI is InChI=1S/C6H8ClNO4S/c7-6(13(10,11)12)3-1-2-4(8)5(6)9/h1-3,5,9H,8H2,(H,10,11,12). The van der Waals surface area contributed by atoms with Crippen LogP contribution in [0.1, 0.15) is 0 Å². The van der Waals surface area contributed by atoms with Crippen molar-refractivity contribution in [3.05, 3.63) is 23.9 Å². The van der Waals surface area contributed by atoms with E-state index in [1.54, 1.807) is 0 Å². The second-order valence-electron chi connectivity index (χ2n) is 2.60. The van der Waals surface area contributed by atoms with Crippen LogP contribution in [-0.2, 0) is 10.1 Å². The molecule has 0 saturated carbocycles. The minimum atomic E-state index is -4.60. The van der Waals surface area contributed by atoms with Crippen molar-refractivity contribution in [2.75, 3.05) is 0 Å². The molecule has 4 N–H and O–H groups in total. The van der Waals surface area contributed by atoms with E-state index in [0.717, 1.165) is 6.08 Å². The van der Waals surface area contributed by atoms with Crippen LogP contribution in [0.2, 0.25) is 0 Å². The molecule has 0 radical (unpaired) electrons. The zero-order valence-electron chi connectivity index (χ0n) is 6.38. The third-order valence-electron chi connectivity index (χ3n) is 1.70. The second kappa shape index (κ2) is 2.98. The molecule has 0 aromatic heterocycles. The first-order valence-corrected chi connectivity index (χ1v) is 5.10. The van der Waals surface area contributed by atoms with E-state index in [9.17, 15) is 13.5 Å². The minimum Gasteiger partial charge on any atom is -0.400 e. The maximum atomic E-state index is 10.8. The lowest BCUT2D eigenvalue weighted by molar-refractivity contribution is 0.197. The van der Waals surface area contributed by atoms with Crippen molar-refractivity contribution >= 4 is 21.7 Å². The molecule has 7 heteroatoms. The van der Waals surface area contributed by atoms with Crippen LogP contribution in [0.3, 0.4) is 0 Å². The highest BCUT2D eigenvalue weighted by atomic mass is 35.5. The summed E-state index contributed by atoms with van der Waals surface area (Å²) < 4.78 is 28.1. The van der Waals surface area contributed by atoms with Crippen molar-refractivity contribution < 1.29 is 18.1 Å². The highest BCUT2D eigenvalue weighted by molar-refractivity contribution is 7.89. The van der Waals surface area contributed by atoms with Crippen molar-refractivity contribution in [1.82, 2.24) is 0 Å². The first-order chi connectivity index (χ1) is 5.79. The van der Waals surface area contributed by atoms with Crippen LogP contribution in [0.5, 0.6) is 0 Å². The van der Waals surface area contributed by atoms with Gasteiger partial charge in [-0.3, -0.25) is 4.55 Å². The number of rotatable bonds is 1. The zero-order valence-corrected chi connectivity index (χ0v) is 7.96. The number of alkyl halides is 1. The number of nitrogens with two attached hydrogens (primary N) is 1. The van der Waals surface area contributed by atoms with Crippen molar-refractivity contribution in [1.29, 1.82) is 0 Å². The number of hydrogen-bond acceptors (Lipinski definition) is 4. The predicted octanol–water partition coefficient (Wildman–Crippen LogP) is -0.417. The molecule has 0 aromatic rings. The van der Waals surface area contributed by atoms with Crippen LogP contribution in [0.15, 0.2) is 23.9 Å². The van der Waals surface area contributed by atoms with E-state index in [1.165, 1.54) is 12.2 Å². The number of halogens is 1. The molecule has 1 rings (SSSR count). The highest BCUT2D eigenvalue weighted by Crippen LogP contribution is 2.32. The number of allylic oxidation sites excluding steroid dienone is 2. The Labute approximate surface area is 80.2 Å². The van der Waals surface area contributed by atoms with Crippen LogP contribution >= 0.6 is 11.6 Å². The van der Waals surface area contributed by atoms with Crippen molar-refractivity contribution in [2.45, 2.75) is 10.3 Å². The Morgan fingerprint density at radius 3 is 2.54 bits per heavy atom. The molecule has 0 aliphatic heterocycles. The molecule has 13 heavy (non-hydrogen) atoms. The molecule has 0 bridgehead atoms. The van der Waals surface area contributed by atoms with Crippen LogP contribution < -0.4 is 5.73 Å². The molecule has 1 aliphatic rings. The van der Waals surface area contributed by atoms with E-state index in [2.05, 4.69) is 0 Å². The summed E-state index contributed by atoms with van der Waals surface area (Å²) in [4.78, 5) is 0. The summed E-state index contributed by atoms with van der Waals surface area (Å²) in [6.07, 6.45) is 1.87. The lowest BCUT2D eigenvalue weighted by Crippen LogP contribution is -2.46. The van der Waals surface area contributed by atoms with Gasteiger partial charge in [0, 0.05) is 5.70 Å². The molecular formula is C6H8ClNO4S. The van der Waals surface area contributed by atoms with Gasteiger partial charge in [0.15, 0.2) is 0 Å². The van der Waals surface area contributed by atoms with Gasteiger partial charge in [0.2, 0.25) is 4.21 Å². The fourth-order valence-corrected chi connectivity index (χ4v) is 1.79. The number of hydrogen-bond donors (Lipinski definition) is 3. The molecule has 1 aliphatic carbocycles. The molecule has 74 valence electrons. The Kier molecular flexibility index (Phi) is 2.42. The lowest BCUT2D eigenvalue weighted by Gasteiger charge is -2.28. The van der Waals surface area contributed by atoms with E-state index in [0.29, 0.717) is 0 Å². The van der Waals surface area contributed by atoms with Crippen molar-refractivity contribution in [3.63, 3.8) is 0 Å². The molecule has 2 unspecified atom stereocenters. The van der Waals surface area contributed by atoms with E-state index in [1.807, 2.05) is 0 Å². The molecule has 0 amide bonds. The molecule has 2 atom stereocenters. The van der Waals surface area contributed by atoms with Gasteiger partial charge >= 0.3 is 0 Å². The summed E-state index contributed by atoms with van der Waals surface area (Å²) in [6, 6.07) is 0. The highest BCUT2D eigenvalue weighted by Gasteiger charge is 2.47. The molecule has 0 aromatic carbocycles. The summed E-state index contributed by atoms with van der Waals surface area (Å²) in [5, 5.41) is 9.32. The Balaban J connectivity index is 3.23. The molecule has 0 fully saturated rings. The van der Waals surface area contributed by atoms with Gasteiger partial charge in [-0.1, -0.05) is 17.7 Å². The largest absolute Gasteiger partial charge is 0.400 e. The van der Waals surface area contributed by atoms with E-state index in [4.69, 9.17) is 21.9 Å². The average Bonchev–Trinajstić information content (AvgIpc) is 1.98. The van der Waals surface area contributed by atoms with Gasteiger partial charge in [-0.2, -0.15) is 8.42 Å². The van der Waals surface area contributed by atoms with E-state index in [-0.39, 0.29) is 5.70 Å². The third-order valence-corrected chi connectivity index (χ3v) is 3.76. The van der Waals surface area contributed by atoms with Gasteiger partial charge in [0.05, 0.1) is 0 Å². The Morgan fingerprint density at radius 2 is 2.15 bits per heavy atom. The smallest absolute Gasteiger partial charge is 0.291 e. The Morgan fingerprint density at radius 1 is 1.62 bits per heavy atom. The Bertz CT molecular complexity index is 374. The van der Waals surface area contributed by atoms with E-state index < -0.39 is 20.4 Å². The number of aliphatic hydroxyl groups excluding tert-OH is 1. The molecule has 5 nitrogen and oxygen atoms in total. The first-order valence-electron chi connectivity index (χ1n) is 3.28. The first kappa shape index (κ1) is 10.5. The molecule has 0 saturated heterocycles. The van der Waals surface area contributed by atoms with Gasteiger partial charge in [-0.25, -0.2) is 0 Å². The zero-order chi connectivity index (χ0) is 10.3. The van der Waals surface area contributed by atoms with Crippen molar-refractivity contribution in [2.24, 2.45) is 5.73 Å². The monoisotopic (exact) mass is 225 g/mol. The molecular weight excluding hydrogens is 218 g/mol. The summed E-state index contributed by atoms with van der Waals surface area (Å²) in [7, 11) is -4.60. The van der Waals surface area contributed by atoms with E-state index >= 15 is 0 Å². The summed E-state index contributed by atoms with van der Waals surface area (Å²) in [5.74, 6) is 0. The van der Waals surface area contributed by atoms with Crippen molar-refractivity contribution in [3.8, 4) is 0 Å². The summed E-state index contributed by atoms with van der Waals surface area (Å²) >= 11 is 5.50. The fourth-order valence-electron chi connectivity index (χ4n) is 0.927. The molecule has 0 heterocycles. The SMILES string of the molecule is NC1=CC=CC(Cl)(S(=O)(=O)O)C1O. The third kappa shape index (κ3) is 1.58. The average molecular weight is 226 g/mol. The van der Waals surface area contributed by atoms with Crippen LogP contribution in [0.25, 0.3) is 0 Å². The quantitative estimate of drug-likeness (QED) is 0.416. The Hall–Kier alpha value is -0.560. The predicted molar refractivity (Wildman–Crippen MR) is 47.5 cm³/mol.